The van der Waals surface area contributed by atoms with Gasteiger partial charge in [0.05, 0.1) is 24.6 Å². The van der Waals surface area contributed by atoms with Crippen LogP contribution in [0.5, 0.6) is 0 Å². The van der Waals surface area contributed by atoms with Crippen molar-refractivity contribution in [2.24, 2.45) is 0 Å². The lowest BCUT2D eigenvalue weighted by atomic mass is 9.91. The van der Waals surface area contributed by atoms with Crippen molar-refractivity contribution in [2.75, 3.05) is 42.9 Å². The van der Waals surface area contributed by atoms with Gasteiger partial charge < -0.3 is 25.0 Å². The maximum absolute atomic E-state index is 11.4. The van der Waals surface area contributed by atoms with E-state index < -0.39 is 18.2 Å². The highest BCUT2D eigenvalue weighted by Crippen LogP contribution is 2.40. The number of nitrogens with one attached hydrogen (secondary N) is 1. The van der Waals surface area contributed by atoms with Gasteiger partial charge in [-0.05, 0) is 61.9 Å². The van der Waals surface area contributed by atoms with Gasteiger partial charge in [0.2, 0.25) is 5.95 Å². The Morgan fingerprint density at radius 1 is 0.896 bits per heavy atom. The van der Waals surface area contributed by atoms with Gasteiger partial charge in [0.1, 0.15) is 12.2 Å². The van der Waals surface area contributed by atoms with Crippen molar-refractivity contribution in [1.82, 2.24) is 34.2 Å². The molecule has 48 heavy (non-hydrogen) atoms. The number of hydrogen-bond acceptors (Lipinski definition) is 9. The van der Waals surface area contributed by atoms with Crippen LogP contribution < -0.4 is 10.2 Å². The molecule has 5 aromatic rings. The van der Waals surface area contributed by atoms with Gasteiger partial charge in [-0.2, -0.15) is 15.1 Å². The Morgan fingerprint density at radius 3 is 2.29 bits per heavy atom. The number of benzene rings is 2. The third kappa shape index (κ3) is 5.84. The number of aliphatic hydroxyl groups is 2. The Hall–Kier alpha value is -4.32. The topological polar surface area (TPSA) is 120 Å². The number of likely N-dealkylation sites (tertiary alicyclic amines) is 1. The third-order valence-electron chi connectivity index (χ3n) is 10.8. The third-order valence-corrected chi connectivity index (χ3v) is 10.8. The minimum Gasteiger partial charge on any atom is -0.388 e. The Morgan fingerprint density at radius 2 is 1.60 bits per heavy atom. The molecule has 5 heterocycles. The van der Waals surface area contributed by atoms with E-state index in [0.29, 0.717) is 41.9 Å². The average Bonchev–Trinajstić information content (AvgIpc) is 3.97. The average molecular weight is 648 g/mol. The molecule has 2 saturated heterocycles. The molecule has 3 aromatic heterocycles. The molecule has 1 aliphatic carbocycles. The van der Waals surface area contributed by atoms with Gasteiger partial charge in [0.15, 0.2) is 17.0 Å². The second kappa shape index (κ2) is 13.3. The van der Waals surface area contributed by atoms with Crippen molar-refractivity contribution in [3.63, 3.8) is 0 Å². The molecule has 1 saturated carbocycles. The molecule has 0 spiro atoms. The summed E-state index contributed by atoms with van der Waals surface area (Å²) in [5.74, 6) is 1.46. The number of aromatic nitrogens is 6. The van der Waals surface area contributed by atoms with Gasteiger partial charge in [0.25, 0.3) is 0 Å². The number of aryl methyl sites for hydroxylation is 1. The molecule has 0 amide bonds. The molecule has 8 rings (SSSR count). The molecule has 250 valence electrons. The van der Waals surface area contributed by atoms with Crippen LogP contribution in [0.3, 0.4) is 0 Å². The van der Waals surface area contributed by atoms with Gasteiger partial charge >= 0.3 is 0 Å². The van der Waals surface area contributed by atoms with Crippen LogP contribution in [0.4, 0.5) is 11.8 Å². The second-order valence-electron chi connectivity index (χ2n) is 13.6. The smallest absolute Gasteiger partial charge is 0.229 e. The largest absolute Gasteiger partial charge is 0.388 e. The number of fused-ring (bicyclic) bond motifs is 1. The van der Waals surface area contributed by atoms with Crippen LogP contribution in [0.25, 0.3) is 11.2 Å². The first-order valence-electron chi connectivity index (χ1n) is 17.5. The quantitative estimate of drug-likeness (QED) is 0.203. The summed E-state index contributed by atoms with van der Waals surface area (Å²) in [5, 5.41) is 30.8. The molecule has 2 aliphatic heterocycles. The van der Waals surface area contributed by atoms with Gasteiger partial charge in [0, 0.05) is 37.8 Å². The molecule has 11 heteroatoms. The number of rotatable bonds is 10. The number of imidazole rings is 1. The minimum atomic E-state index is -0.997. The summed E-state index contributed by atoms with van der Waals surface area (Å²) in [6.45, 7) is 6.81. The maximum atomic E-state index is 11.4. The van der Waals surface area contributed by atoms with Gasteiger partial charge in [-0.25, -0.2) is 4.98 Å². The van der Waals surface area contributed by atoms with Gasteiger partial charge in [-0.3, -0.25) is 9.58 Å². The van der Waals surface area contributed by atoms with E-state index in [9.17, 15) is 10.2 Å². The molecule has 3 fully saturated rings. The van der Waals surface area contributed by atoms with E-state index in [1.54, 1.807) is 11.0 Å². The predicted octanol–water partition coefficient (Wildman–Crippen LogP) is 4.41. The molecule has 0 radical (unpaired) electrons. The van der Waals surface area contributed by atoms with Crippen molar-refractivity contribution in [1.29, 1.82) is 0 Å². The second-order valence-corrected chi connectivity index (χ2v) is 13.6. The van der Waals surface area contributed by atoms with Crippen molar-refractivity contribution in [3.05, 3.63) is 96.1 Å². The van der Waals surface area contributed by atoms with Crippen molar-refractivity contribution in [3.8, 4) is 0 Å². The fraction of sp³-hybridized carbons (Fsp3) is 0.459. The highest BCUT2D eigenvalue weighted by Gasteiger charge is 2.44. The van der Waals surface area contributed by atoms with E-state index in [2.05, 4.69) is 75.7 Å². The van der Waals surface area contributed by atoms with Crippen molar-refractivity contribution in [2.45, 2.75) is 75.3 Å². The molecule has 2 aromatic carbocycles. The van der Waals surface area contributed by atoms with Crippen LogP contribution in [-0.2, 0) is 6.42 Å². The lowest BCUT2D eigenvalue weighted by Crippen LogP contribution is -2.35. The fourth-order valence-corrected chi connectivity index (χ4v) is 8.00. The zero-order chi connectivity index (χ0) is 32.6. The van der Waals surface area contributed by atoms with E-state index in [1.807, 2.05) is 29.1 Å². The normalized spacial score (nSPS) is 24.8. The van der Waals surface area contributed by atoms with Crippen molar-refractivity contribution < 1.29 is 10.2 Å². The first kappa shape index (κ1) is 31.0. The van der Waals surface area contributed by atoms with Crippen molar-refractivity contribution >= 4 is 22.9 Å². The Bertz CT molecular complexity index is 1780. The Labute approximate surface area is 281 Å². The number of anilines is 2. The zero-order valence-corrected chi connectivity index (χ0v) is 27.5. The van der Waals surface area contributed by atoms with Crippen LogP contribution >= 0.6 is 0 Å². The SMILES string of the molecule is CCc1cnn([C@H]2C[C@@H](n3cnc4c(NCC(c5ccccc5)c5ccccc5)nc(N5CC[C@@H](N6CCCC6)C5)nc43)[C@H](O)[C@@H]2O)c1. The summed E-state index contributed by atoms with van der Waals surface area (Å²) >= 11 is 0. The van der Waals surface area contributed by atoms with Crippen LogP contribution in [0.1, 0.15) is 67.3 Å². The lowest BCUT2D eigenvalue weighted by molar-refractivity contribution is 0.00721. The molecule has 0 bridgehead atoms. The fourth-order valence-electron chi connectivity index (χ4n) is 8.00. The summed E-state index contributed by atoms with van der Waals surface area (Å²) in [7, 11) is 0. The first-order valence-corrected chi connectivity index (χ1v) is 17.5. The van der Waals surface area contributed by atoms with Gasteiger partial charge in [-0.1, -0.05) is 67.6 Å². The highest BCUT2D eigenvalue weighted by atomic mass is 16.3. The van der Waals surface area contributed by atoms with Crippen LogP contribution in [0.15, 0.2) is 79.4 Å². The van der Waals surface area contributed by atoms with E-state index >= 15 is 0 Å². The lowest BCUT2D eigenvalue weighted by Gasteiger charge is -2.24. The maximum Gasteiger partial charge on any atom is 0.229 e. The van der Waals surface area contributed by atoms with E-state index in [1.165, 1.54) is 24.0 Å². The predicted molar refractivity (Wildman–Crippen MR) is 186 cm³/mol. The summed E-state index contributed by atoms with van der Waals surface area (Å²) < 4.78 is 3.75. The highest BCUT2D eigenvalue weighted by molar-refractivity contribution is 5.84. The molecule has 3 aliphatic rings. The molecular weight excluding hydrogens is 602 g/mol. The molecule has 5 atom stereocenters. The molecule has 0 unspecified atom stereocenters. The molecule has 3 N–H and O–H groups in total. The zero-order valence-electron chi connectivity index (χ0n) is 27.5. The Balaban J connectivity index is 1.14. The standard InChI is InChI=1S/C37H45N9O2/c1-2-25-20-40-46(22-25)31-19-30(33(47)34(31)48)45-24-39-32-35(38-21-29(26-11-5-3-6-12-26)27-13-7-4-8-14-27)41-37(42-36(32)45)44-18-15-28(23-44)43-16-9-10-17-43/h3-8,11-14,20,22,24,28-31,33-34,47-48H,2,9-10,15-19,21,23H2,1H3,(H,38,41,42)/t28-,30-,31+,33+,34-/m1/s1. The Kier molecular flexibility index (Phi) is 8.58. The van der Waals surface area contributed by atoms with Gasteiger partial charge in [-0.15, -0.1) is 0 Å². The van der Waals surface area contributed by atoms with Crippen LogP contribution in [-0.4, -0.2) is 95.4 Å². The van der Waals surface area contributed by atoms with E-state index in [0.717, 1.165) is 44.6 Å². The summed E-state index contributed by atoms with van der Waals surface area (Å²) in [6, 6.07) is 20.8. The summed E-state index contributed by atoms with van der Waals surface area (Å²) in [6.07, 6.45) is 8.59. The molecule has 11 nitrogen and oxygen atoms in total. The van der Waals surface area contributed by atoms with Crippen LogP contribution in [0, 0.1) is 0 Å². The summed E-state index contributed by atoms with van der Waals surface area (Å²) in [4.78, 5) is 20.0. The first-order chi connectivity index (χ1) is 23.6. The number of hydrogen-bond donors (Lipinski definition) is 3. The number of nitrogens with zero attached hydrogens (tertiary/aromatic N) is 8. The number of aliphatic hydroxyl groups excluding tert-OH is 2. The summed E-state index contributed by atoms with van der Waals surface area (Å²) in [5.41, 5.74) is 4.86. The molecular formula is C37H45N9O2. The minimum absolute atomic E-state index is 0.101. The van der Waals surface area contributed by atoms with Crippen LogP contribution in [0.2, 0.25) is 0 Å². The van der Waals surface area contributed by atoms with E-state index in [4.69, 9.17) is 15.0 Å². The monoisotopic (exact) mass is 647 g/mol. The van der Waals surface area contributed by atoms with E-state index in [-0.39, 0.29) is 12.0 Å².